The molecule has 0 amide bonds. The monoisotopic (exact) mass is 545 g/mol. The molecule has 0 bridgehead atoms. The van der Waals surface area contributed by atoms with Crippen LogP contribution in [0.1, 0.15) is 40.8 Å². The molecule has 2 heterocycles. The highest BCUT2D eigenvalue weighted by atomic mass is 31.2. The van der Waals surface area contributed by atoms with Crippen LogP contribution in [0.2, 0.25) is 0 Å². The standard InChI is InChI=1S/C23H30F2N3O8P/c1-14(2)34-19(30)15(3)27-37(32,36-16-9-7-6-8-10-16)33-13-17-22(4,5)23(24,25)20(35-17)28-12-11-18(29)26-21(28)31/h6-12,14-15,17,20H,13H2,1-5H3,(H,27,32)(H,26,29,31)/t15-,17+,20+,37?/m0/s1. The zero-order valence-electron chi connectivity index (χ0n) is 21.0. The highest BCUT2D eigenvalue weighted by molar-refractivity contribution is 7.52. The first-order chi connectivity index (χ1) is 17.2. The number of rotatable bonds is 10. The van der Waals surface area contributed by atoms with Crippen molar-refractivity contribution >= 4 is 13.7 Å². The van der Waals surface area contributed by atoms with E-state index in [2.05, 4.69) is 5.09 Å². The number of H-pyrrole nitrogens is 1. The fraction of sp³-hybridized carbons (Fsp3) is 0.522. The zero-order valence-corrected chi connectivity index (χ0v) is 21.9. The molecule has 0 radical (unpaired) electrons. The third-order valence-electron chi connectivity index (χ3n) is 5.79. The Kier molecular flexibility index (Phi) is 8.43. The second-order valence-electron chi connectivity index (χ2n) is 9.37. The van der Waals surface area contributed by atoms with Crippen molar-refractivity contribution in [2.45, 2.75) is 65.0 Å². The van der Waals surface area contributed by atoms with Gasteiger partial charge < -0.3 is 14.0 Å². The molecule has 1 aliphatic rings. The molecule has 204 valence electrons. The SMILES string of the molecule is CC(C)OC(=O)[C@H](C)NP(=O)(OC[C@H]1O[C@@H](n2ccc(=O)[nH]c2=O)C(F)(F)C1(C)C)Oc1ccccc1. The van der Waals surface area contributed by atoms with E-state index in [-0.39, 0.29) is 5.75 Å². The number of hydrogen-bond acceptors (Lipinski definition) is 8. The van der Waals surface area contributed by atoms with Gasteiger partial charge >= 0.3 is 19.4 Å². The molecule has 1 aromatic heterocycles. The average Bonchev–Trinajstić information content (AvgIpc) is 2.97. The molecule has 2 aromatic rings. The van der Waals surface area contributed by atoms with Crippen molar-refractivity contribution < 1.29 is 36.7 Å². The minimum absolute atomic E-state index is 0.136. The van der Waals surface area contributed by atoms with Gasteiger partial charge in [0.1, 0.15) is 11.8 Å². The number of para-hydroxylation sites is 1. The number of halogens is 2. The molecule has 0 saturated carbocycles. The predicted molar refractivity (Wildman–Crippen MR) is 128 cm³/mol. The summed E-state index contributed by atoms with van der Waals surface area (Å²) in [5.74, 6) is -4.19. The smallest absolute Gasteiger partial charge is 0.459 e. The maximum atomic E-state index is 15.4. The summed E-state index contributed by atoms with van der Waals surface area (Å²) >= 11 is 0. The summed E-state index contributed by atoms with van der Waals surface area (Å²) in [5.41, 5.74) is -3.74. The van der Waals surface area contributed by atoms with E-state index in [4.69, 9.17) is 18.5 Å². The van der Waals surface area contributed by atoms with E-state index in [1.54, 1.807) is 32.0 Å². The number of hydrogen-bond donors (Lipinski definition) is 2. The lowest BCUT2D eigenvalue weighted by Crippen LogP contribution is -2.45. The molecule has 1 saturated heterocycles. The summed E-state index contributed by atoms with van der Waals surface area (Å²) in [5, 5.41) is 2.48. The van der Waals surface area contributed by atoms with E-state index in [0.29, 0.717) is 4.57 Å². The first kappa shape index (κ1) is 28.7. The molecule has 11 nitrogen and oxygen atoms in total. The lowest BCUT2D eigenvalue weighted by molar-refractivity contribution is -0.149. The third kappa shape index (κ3) is 6.35. The van der Waals surface area contributed by atoms with E-state index >= 15 is 8.78 Å². The van der Waals surface area contributed by atoms with Crippen molar-refractivity contribution in [3.05, 3.63) is 63.4 Å². The summed E-state index contributed by atoms with van der Waals surface area (Å²) in [6.07, 6.45) is -2.97. The second kappa shape index (κ2) is 10.9. The Hall–Kier alpha value is -2.86. The Labute approximate surface area is 211 Å². The van der Waals surface area contributed by atoms with Crippen LogP contribution in [0.4, 0.5) is 8.78 Å². The number of aromatic amines is 1. The van der Waals surface area contributed by atoms with Gasteiger partial charge in [0, 0.05) is 12.3 Å². The summed E-state index contributed by atoms with van der Waals surface area (Å²) in [4.78, 5) is 37.7. The third-order valence-corrected chi connectivity index (χ3v) is 7.44. The van der Waals surface area contributed by atoms with Crippen LogP contribution < -0.4 is 20.9 Å². The molecule has 1 aromatic carbocycles. The second-order valence-corrected chi connectivity index (χ2v) is 11.1. The summed E-state index contributed by atoms with van der Waals surface area (Å²) in [6.45, 7) is 6.43. The van der Waals surface area contributed by atoms with Crippen LogP contribution in [0.15, 0.2) is 52.2 Å². The van der Waals surface area contributed by atoms with E-state index in [1.807, 2.05) is 4.98 Å². The first-order valence-corrected chi connectivity index (χ1v) is 13.0. The Bertz CT molecular complexity index is 1260. The van der Waals surface area contributed by atoms with Gasteiger partial charge in [-0.25, -0.2) is 18.1 Å². The number of carbonyl (C=O) groups is 1. The zero-order chi connectivity index (χ0) is 27.6. The van der Waals surface area contributed by atoms with Gasteiger partial charge in [-0.1, -0.05) is 32.0 Å². The first-order valence-electron chi connectivity index (χ1n) is 11.5. The number of carbonyl (C=O) groups excluding carboxylic acids is 1. The van der Waals surface area contributed by atoms with Crippen LogP contribution in [0.5, 0.6) is 5.75 Å². The highest BCUT2D eigenvalue weighted by Crippen LogP contribution is 2.55. The van der Waals surface area contributed by atoms with Crippen molar-refractivity contribution in [2.24, 2.45) is 5.41 Å². The number of nitrogens with one attached hydrogen (secondary N) is 2. The average molecular weight is 545 g/mol. The maximum Gasteiger partial charge on any atom is 0.459 e. The van der Waals surface area contributed by atoms with Crippen LogP contribution in [0.3, 0.4) is 0 Å². The van der Waals surface area contributed by atoms with Crippen LogP contribution >= 0.6 is 7.75 Å². The fourth-order valence-electron chi connectivity index (χ4n) is 3.54. The molecule has 1 unspecified atom stereocenters. The number of alkyl halides is 2. The van der Waals surface area contributed by atoms with Crippen LogP contribution in [0.25, 0.3) is 0 Å². The normalized spacial score (nSPS) is 22.8. The molecule has 4 atom stereocenters. The summed E-state index contributed by atoms with van der Waals surface area (Å²) < 4.78 is 66.7. The number of nitrogens with zero attached hydrogens (tertiary/aromatic N) is 1. The maximum absolute atomic E-state index is 15.4. The largest absolute Gasteiger partial charge is 0.462 e. The van der Waals surface area contributed by atoms with Gasteiger partial charge in [-0.3, -0.25) is 23.7 Å². The molecule has 0 aliphatic carbocycles. The Morgan fingerprint density at radius 1 is 1.19 bits per heavy atom. The van der Waals surface area contributed by atoms with Gasteiger partial charge in [-0.2, -0.15) is 5.09 Å². The van der Waals surface area contributed by atoms with Crippen molar-refractivity contribution in [3.8, 4) is 5.75 Å². The topological polar surface area (TPSA) is 138 Å². The molecule has 1 aliphatic heterocycles. The molecular formula is C23H30F2N3O8P. The van der Waals surface area contributed by atoms with Crippen LogP contribution in [-0.4, -0.2) is 46.3 Å². The molecule has 14 heteroatoms. The van der Waals surface area contributed by atoms with Gasteiger partial charge in [-0.15, -0.1) is 0 Å². The minimum atomic E-state index is -4.34. The summed E-state index contributed by atoms with van der Waals surface area (Å²) in [6, 6.07) is 7.71. The predicted octanol–water partition coefficient (Wildman–Crippen LogP) is 3.23. The molecule has 0 spiro atoms. The van der Waals surface area contributed by atoms with Crippen molar-refractivity contribution in [1.29, 1.82) is 0 Å². The minimum Gasteiger partial charge on any atom is -0.462 e. The molecule has 1 fully saturated rings. The Morgan fingerprint density at radius 2 is 1.84 bits per heavy atom. The van der Waals surface area contributed by atoms with Crippen molar-refractivity contribution in [2.75, 3.05) is 6.61 Å². The van der Waals surface area contributed by atoms with Gasteiger partial charge in [-0.05, 0) is 32.9 Å². The van der Waals surface area contributed by atoms with E-state index in [1.165, 1.54) is 32.9 Å². The molecule has 37 heavy (non-hydrogen) atoms. The lowest BCUT2D eigenvalue weighted by Gasteiger charge is -2.31. The number of ether oxygens (including phenoxy) is 2. The van der Waals surface area contributed by atoms with Crippen molar-refractivity contribution in [3.63, 3.8) is 0 Å². The number of aromatic nitrogens is 2. The number of esters is 1. The number of benzene rings is 1. The lowest BCUT2D eigenvalue weighted by atomic mass is 9.82. The van der Waals surface area contributed by atoms with Crippen LogP contribution in [-0.2, 0) is 23.4 Å². The van der Waals surface area contributed by atoms with E-state index in [0.717, 1.165) is 12.3 Å². The van der Waals surface area contributed by atoms with Gasteiger partial charge in [0.25, 0.3) is 11.5 Å². The van der Waals surface area contributed by atoms with E-state index in [9.17, 15) is 18.9 Å². The molecule has 2 N–H and O–H groups in total. The molecular weight excluding hydrogens is 515 g/mol. The van der Waals surface area contributed by atoms with Gasteiger partial charge in [0.15, 0.2) is 0 Å². The summed E-state index contributed by atoms with van der Waals surface area (Å²) in [7, 11) is -4.34. The van der Waals surface area contributed by atoms with E-state index < -0.39 is 67.4 Å². The molecule has 3 rings (SSSR count). The fourth-order valence-corrected chi connectivity index (χ4v) is 5.03. The highest BCUT2D eigenvalue weighted by Gasteiger charge is 2.65. The quantitative estimate of drug-likeness (QED) is 0.340. The van der Waals surface area contributed by atoms with Crippen LogP contribution in [0, 0.1) is 5.41 Å². The van der Waals surface area contributed by atoms with Gasteiger partial charge in [0.2, 0.25) is 6.23 Å². The van der Waals surface area contributed by atoms with Gasteiger partial charge in [0.05, 0.1) is 24.2 Å². The van der Waals surface area contributed by atoms with Crippen molar-refractivity contribution in [1.82, 2.24) is 14.6 Å². The Morgan fingerprint density at radius 3 is 2.43 bits per heavy atom. The Balaban J connectivity index is 1.85.